The maximum Gasteiger partial charge on any atom is 0.225 e. The highest BCUT2D eigenvalue weighted by molar-refractivity contribution is 5.29. The lowest BCUT2D eigenvalue weighted by Crippen LogP contribution is -2.47. The van der Waals surface area contributed by atoms with Gasteiger partial charge < -0.3 is 9.64 Å². The van der Waals surface area contributed by atoms with Gasteiger partial charge in [0.25, 0.3) is 0 Å². The fourth-order valence-electron chi connectivity index (χ4n) is 3.55. The highest BCUT2D eigenvalue weighted by Crippen LogP contribution is 2.34. The van der Waals surface area contributed by atoms with Crippen LogP contribution in [0.5, 0.6) is 0 Å². The van der Waals surface area contributed by atoms with Gasteiger partial charge in [0, 0.05) is 38.6 Å². The van der Waals surface area contributed by atoms with Gasteiger partial charge in [-0.1, -0.05) is 11.8 Å². The van der Waals surface area contributed by atoms with Crippen molar-refractivity contribution in [1.82, 2.24) is 14.9 Å². The molecular formula is C19H28N4O. The van der Waals surface area contributed by atoms with Gasteiger partial charge in [0.15, 0.2) is 0 Å². The average molecular weight is 328 g/mol. The first-order valence-corrected chi connectivity index (χ1v) is 8.90. The van der Waals surface area contributed by atoms with Crippen LogP contribution in [0.15, 0.2) is 18.5 Å². The minimum atomic E-state index is -0.290. The molecule has 5 heteroatoms. The highest BCUT2D eigenvalue weighted by atomic mass is 16.5. The predicted octanol–water partition coefficient (Wildman–Crippen LogP) is 2.34. The third-order valence-corrected chi connectivity index (χ3v) is 4.80. The van der Waals surface area contributed by atoms with Crippen LogP contribution < -0.4 is 4.90 Å². The fraction of sp³-hybridized carbons (Fsp3) is 0.684. The fourth-order valence-corrected chi connectivity index (χ4v) is 3.55. The molecule has 2 fully saturated rings. The number of aromatic nitrogens is 2. The molecule has 3 rings (SSSR count). The first kappa shape index (κ1) is 17.2. The maximum atomic E-state index is 6.21. The summed E-state index contributed by atoms with van der Waals surface area (Å²) in [7, 11) is 0. The monoisotopic (exact) mass is 328 g/mol. The SMILES string of the molecule is CC1(C)CCC[C@](C)(C#CCN2CCN(c3ncccn3)CC2)O1. The van der Waals surface area contributed by atoms with Crippen LogP contribution in [0.3, 0.4) is 0 Å². The predicted molar refractivity (Wildman–Crippen MR) is 95.9 cm³/mol. The first-order valence-electron chi connectivity index (χ1n) is 8.90. The Morgan fingerprint density at radius 2 is 1.79 bits per heavy atom. The van der Waals surface area contributed by atoms with Gasteiger partial charge in [-0.3, -0.25) is 4.90 Å². The van der Waals surface area contributed by atoms with Gasteiger partial charge in [0.05, 0.1) is 12.1 Å². The van der Waals surface area contributed by atoms with Crippen molar-refractivity contribution >= 4 is 5.95 Å². The van der Waals surface area contributed by atoms with Crippen LogP contribution >= 0.6 is 0 Å². The highest BCUT2D eigenvalue weighted by Gasteiger charge is 2.35. The Bertz CT molecular complexity index is 599. The molecule has 1 atom stereocenters. The molecule has 0 spiro atoms. The van der Waals surface area contributed by atoms with Gasteiger partial charge in [0.1, 0.15) is 5.60 Å². The summed E-state index contributed by atoms with van der Waals surface area (Å²) >= 11 is 0. The van der Waals surface area contributed by atoms with Crippen LogP contribution in [0.2, 0.25) is 0 Å². The molecule has 0 bridgehead atoms. The summed E-state index contributed by atoms with van der Waals surface area (Å²) in [6.45, 7) is 11.2. The Labute approximate surface area is 145 Å². The molecule has 1 aromatic heterocycles. The minimum Gasteiger partial charge on any atom is -0.357 e. The van der Waals surface area contributed by atoms with E-state index in [0.717, 1.165) is 51.5 Å². The summed E-state index contributed by atoms with van der Waals surface area (Å²) < 4.78 is 6.21. The summed E-state index contributed by atoms with van der Waals surface area (Å²) in [5.74, 6) is 7.58. The summed E-state index contributed by atoms with van der Waals surface area (Å²) in [4.78, 5) is 13.3. The Morgan fingerprint density at radius 3 is 2.46 bits per heavy atom. The van der Waals surface area contributed by atoms with E-state index < -0.39 is 0 Å². The van der Waals surface area contributed by atoms with Crippen molar-refractivity contribution in [3.8, 4) is 11.8 Å². The molecule has 5 nitrogen and oxygen atoms in total. The van der Waals surface area contributed by atoms with Gasteiger partial charge in [-0.2, -0.15) is 0 Å². The zero-order valence-corrected chi connectivity index (χ0v) is 15.1. The van der Waals surface area contributed by atoms with Crippen molar-refractivity contribution in [1.29, 1.82) is 0 Å². The van der Waals surface area contributed by atoms with E-state index in [1.807, 2.05) is 6.07 Å². The first-order chi connectivity index (χ1) is 11.5. The molecule has 0 amide bonds. The third-order valence-electron chi connectivity index (χ3n) is 4.80. The van der Waals surface area contributed by atoms with Crippen molar-refractivity contribution in [2.75, 3.05) is 37.6 Å². The summed E-state index contributed by atoms with van der Waals surface area (Å²) in [6.07, 6.45) is 6.93. The minimum absolute atomic E-state index is 0.0526. The third kappa shape index (κ3) is 4.46. The number of hydrogen-bond donors (Lipinski definition) is 0. The van der Waals surface area contributed by atoms with Crippen molar-refractivity contribution < 1.29 is 4.74 Å². The van der Waals surface area contributed by atoms with Crippen LogP contribution in [0.25, 0.3) is 0 Å². The maximum absolute atomic E-state index is 6.21. The zero-order valence-electron chi connectivity index (χ0n) is 15.1. The number of ether oxygens (including phenoxy) is 1. The van der Waals surface area contributed by atoms with Crippen molar-refractivity contribution in [2.45, 2.75) is 51.2 Å². The second kappa shape index (κ2) is 7.08. The second-order valence-electron chi connectivity index (χ2n) is 7.56. The molecule has 0 radical (unpaired) electrons. The number of anilines is 1. The molecule has 2 aliphatic heterocycles. The van der Waals surface area contributed by atoms with E-state index in [1.165, 1.54) is 6.42 Å². The molecule has 0 saturated carbocycles. The topological polar surface area (TPSA) is 41.5 Å². The van der Waals surface area contributed by atoms with Crippen LogP contribution in [-0.2, 0) is 4.74 Å². The molecule has 2 aliphatic rings. The normalized spacial score (nSPS) is 27.4. The Morgan fingerprint density at radius 1 is 1.08 bits per heavy atom. The molecule has 24 heavy (non-hydrogen) atoms. The van der Waals surface area contributed by atoms with Crippen molar-refractivity contribution in [2.24, 2.45) is 0 Å². The lowest BCUT2D eigenvalue weighted by Gasteiger charge is -2.40. The number of hydrogen-bond acceptors (Lipinski definition) is 5. The molecule has 1 aromatic rings. The van der Waals surface area contributed by atoms with Crippen LogP contribution in [0, 0.1) is 11.8 Å². The molecule has 130 valence electrons. The summed E-state index contributed by atoms with van der Waals surface area (Å²) in [6, 6.07) is 1.85. The lowest BCUT2D eigenvalue weighted by atomic mass is 9.88. The van der Waals surface area contributed by atoms with E-state index >= 15 is 0 Å². The Kier molecular flexibility index (Phi) is 5.07. The number of nitrogens with zero attached hydrogens (tertiary/aromatic N) is 4. The van der Waals surface area contributed by atoms with Crippen LogP contribution in [0.1, 0.15) is 40.0 Å². The van der Waals surface area contributed by atoms with Crippen molar-refractivity contribution in [3.05, 3.63) is 18.5 Å². The number of rotatable bonds is 2. The van der Waals surface area contributed by atoms with Crippen molar-refractivity contribution in [3.63, 3.8) is 0 Å². The van der Waals surface area contributed by atoms with Crippen LogP contribution in [-0.4, -0.2) is 58.8 Å². The molecule has 0 N–H and O–H groups in total. The average Bonchev–Trinajstić information content (AvgIpc) is 2.55. The molecule has 0 unspecified atom stereocenters. The van der Waals surface area contributed by atoms with Crippen LogP contribution in [0.4, 0.5) is 5.95 Å². The van der Waals surface area contributed by atoms with E-state index in [0.29, 0.717) is 0 Å². The van der Waals surface area contributed by atoms with Gasteiger partial charge in [-0.15, -0.1) is 0 Å². The molecule has 0 aliphatic carbocycles. The number of piperazine rings is 1. The largest absolute Gasteiger partial charge is 0.357 e. The van der Waals surface area contributed by atoms with E-state index in [2.05, 4.69) is 52.4 Å². The smallest absolute Gasteiger partial charge is 0.225 e. The van der Waals surface area contributed by atoms with E-state index in [-0.39, 0.29) is 11.2 Å². The molecule has 0 aromatic carbocycles. The van der Waals surface area contributed by atoms with Gasteiger partial charge >= 0.3 is 0 Å². The zero-order chi connectivity index (χ0) is 17.0. The second-order valence-corrected chi connectivity index (χ2v) is 7.56. The quantitative estimate of drug-likeness (QED) is 0.780. The molecular weight excluding hydrogens is 300 g/mol. The van der Waals surface area contributed by atoms with Gasteiger partial charge in [0.2, 0.25) is 5.95 Å². The lowest BCUT2D eigenvalue weighted by molar-refractivity contribution is -0.135. The van der Waals surface area contributed by atoms with Gasteiger partial charge in [-0.05, 0) is 46.1 Å². The Balaban J connectivity index is 1.49. The standard InChI is InChI=1S/C19H28N4O/c1-18(2)7-4-8-19(3,24-18)9-5-12-22-13-15-23(16-14-22)17-20-10-6-11-21-17/h6,10-11H,4,7-8,12-16H2,1-3H3/t19-/m1/s1. The molecule has 2 saturated heterocycles. The summed E-state index contributed by atoms with van der Waals surface area (Å²) in [5.41, 5.74) is -0.343. The van der Waals surface area contributed by atoms with E-state index in [4.69, 9.17) is 4.74 Å². The van der Waals surface area contributed by atoms with Gasteiger partial charge in [-0.25, -0.2) is 9.97 Å². The summed E-state index contributed by atoms with van der Waals surface area (Å²) in [5, 5.41) is 0. The molecule has 3 heterocycles. The Hall–Kier alpha value is -1.64. The van der Waals surface area contributed by atoms with E-state index in [9.17, 15) is 0 Å². The van der Waals surface area contributed by atoms with E-state index in [1.54, 1.807) is 12.4 Å².